The van der Waals surface area contributed by atoms with Gasteiger partial charge in [-0.3, -0.25) is 4.79 Å². The maximum atomic E-state index is 12.9. The summed E-state index contributed by atoms with van der Waals surface area (Å²) < 4.78 is 49.0. The Bertz CT molecular complexity index is 963. The quantitative estimate of drug-likeness (QED) is 0.247. The molecule has 2 rings (SSSR count). The first kappa shape index (κ1) is 23.3. The number of nitrogens with two attached hydrogens (primary N) is 2. The van der Waals surface area contributed by atoms with Gasteiger partial charge in [0.15, 0.2) is 5.82 Å². The van der Waals surface area contributed by atoms with Gasteiger partial charge in [-0.15, -0.1) is 0 Å². The van der Waals surface area contributed by atoms with Gasteiger partial charge in [0.25, 0.3) is 0 Å². The Labute approximate surface area is 179 Å². The molecule has 1 heterocycles. The lowest BCUT2D eigenvalue weighted by atomic mass is 10.3. The van der Waals surface area contributed by atoms with E-state index in [4.69, 9.17) is 11.5 Å². The van der Waals surface area contributed by atoms with Crippen molar-refractivity contribution in [2.24, 2.45) is 21.5 Å². The van der Waals surface area contributed by atoms with Gasteiger partial charge in [-0.1, -0.05) is 0 Å². The number of aromatic nitrogens is 2. The maximum Gasteiger partial charge on any atom is 0.405 e. The first-order valence-corrected chi connectivity index (χ1v) is 8.71. The third-order valence-electron chi connectivity index (χ3n) is 3.38. The number of guanidine groups is 2. The average Bonchev–Trinajstić information content (AvgIpc) is 2.68. The van der Waals surface area contributed by atoms with Gasteiger partial charge in [0.05, 0.1) is 0 Å². The number of nitrogens with one attached hydrogen (secondary N) is 3. The van der Waals surface area contributed by atoms with Crippen LogP contribution in [0.4, 0.5) is 34.9 Å². The summed E-state index contributed by atoms with van der Waals surface area (Å²) in [6, 6.07) is 6.78. The first-order chi connectivity index (χ1) is 14.6. The van der Waals surface area contributed by atoms with Gasteiger partial charge < -0.3 is 27.4 Å². The maximum absolute atomic E-state index is 12.9. The molecular weight excluding hydrogens is 422 g/mol. The number of rotatable bonds is 7. The minimum atomic E-state index is -4.47. The van der Waals surface area contributed by atoms with E-state index < -0.39 is 24.4 Å². The van der Waals surface area contributed by atoms with Crippen LogP contribution in [0.5, 0.6) is 0 Å². The molecule has 0 fully saturated rings. The number of halogens is 4. The van der Waals surface area contributed by atoms with Crippen molar-refractivity contribution < 1.29 is 28.1 Å². The lowest BCUT2D eigenvalue weighted by Crippen LogP contribution is -2.34. The Morgan fingerprint density at radius 3 is 2.55 bits per heavy atom. The Balaban J connectivity index is -0.00000256. The zero-order valence-corrected chi connectivity index (χ0v) is 15.9. The number of amides is 1. The second kappa shape index (κ2) is 10.7. The van der Waals surface area contributed by atoms with Gasteiger partial charge in [0.2, 0.25) is 17.8 Å². The SMILES string of the molecule is NC(=Nc1cc(NCCC(=O)NCC(F)(F)F)ncn1)N=C(N)Nc1ccc(F)cc1.[HH].[HH].[HH].[HH]. The summed E-state index contributed by atoms with van der Waals surface area (Å²) in [5.74, 6) is -1.10. The Morgan fingerprint density at radius 1 is 1.16 bits per heavy atom. The van der Waals surface area contributed by atoms with E-state index in [1.54, 1.807) is 5.32 Å². The van der Waals surface area contributed by atoms with Crippen LogP contribution in [0.3, 0.4) is 0 Å². The number of anilines is 2. The zero-order chi connectivity index (χ0) is 22.9. The Morgan fingerprint density at radius 2 is 1.87 bits per heavy atom. The summed E-state index contributed by atoms with van der Waals surface area (Å²) in [5.41, 5.74) is 11.9. The van der Waals surface area contributed by atoms with Crippen molar-refractivity contribution in [3.05, 3.63) is 42.5 Å². The molecule has 2 aromatic rings. The summed E-state index contributed by atoms with van der Waals surface area (Å²) in [5, 5.41) is 7.22. The van der Waals surface area contributed by atoms with Crippen LogP contribution in [0.25, 0.3) is 0 Å². The molecule has 7 N–H and O–H groups in total. The summed E-state index contributed by atoms with van der Waals surface area (Å²) in [6.45, 7) is -1.36. The van der Waals surface area contributed by atoms with Crippen molar-refractivity contribution in [1.29, 1.82) is 0 Å². The number of benzene rings is 1. The molecule has 10 nitrogen and oxygen atoms in total. The first-order valence-electron chi connectivity index (χ1n) is 8.71. The number of alkyl halides is 3. The molecule has 0 aliphatic heterocycles. The van der Waals surface area contributed by atoms with E-state index in [1.165, 1.54) is 36.7 Å². The van der Waals surface area contributed by atoms with Crippen molar-refractivity contribution in [3.63, 3.8) is 0 Å². The van der Waals surface area contributed by atoms with Gasteiger partial charge in [-0.05, 0) is 24.3 Å². The minimum Gasteiger partial charge on any atom is -0.369 e. The fourth-order valence-corrected chi connectivity index (χ4v) is 2.07. The molecule has 1 aromatic carbocycles. The molecule has 0 atom stereocenters. The van der Waals surface area contributed by atoms with Crippen molar-refractivity contribution in [3.8, 4) is 0 Å². The molecule has 0 spiro atoms. The largest absolute Gasteiger partial charge is 0.405 e. The summed E-state index contributed by atoms with van der Waals surface area (Å²) in [6.07, 6.45) is -3.50. The van der Waals surface area contributed by atoms with E-state index in [1.807, 2.05) is 0 Å². The highest BCUT2D eigenvalue weighted by Gasteiger charge is 2.27. The van der Waals surface area contributed by atoms with Crippen LogP contribution in [-0.4, -0.2) is 47.1 Å². The van der Waals surface area contributed by atoms with Gasteiger partial charge in [-0.2, -0.15) is 23.2 Å². The molecule has 0 saturated carbocycles. The highest BCUT2D eigenvalue weighted by molar-refractivity contribution is 6.01. The van der Waals surface area contributed by atoms with Crippen molar-refractivity contribution in [2.45, 2.75) is 12.6 Å². The van der Waals surface area contributed by atoms with Crippen LogP contribution >= 0.6 is 0 Å². The van der Waals surface area contributed by atoms with Gasteiger partial charge in [-0.25, -0.2) is 14.4 Å². The van der Waals surface area contributed by atoms with E-state index in [9.17, 15) is 22.4 Å². The van der Waals surface area contributed by atoms with Crippen LogP contribution in [0, 0.1) is 5.82 Å². The zero-order valence-electron chi connectivity index (χ0n) is 15.9. The predicted octanol–water partition coefficient (Wildman–Crippen LogP) is 2.45. The number of carbonyl (C=O) groups is 1. The predicted molar refractivity (Wildman–Crippen MR) is 116 cm³/mol. The smallest absolute Gasteiger partial charge is 0.369 e. The average molecular weight is 449 g/mol. The van der Waals surface area contributed by atoms with E-state index in [0.717, 1.165) is 0 Å². The molecule has 0 aliphatic rings. The molecule has 174 valence electrons. The van der Waals surface area contributed by atoms with E-state index in [0.29, 0.717) is 5.69 Å². The van der Waals surface area contributed by atoms with Gasteiger partial charge >= 0.3 is 6.18 Å². The highest BCUT2D eigenvalue weighted by atomic mass is 19.4. The third kappa shape index (κ3) is 9.38. The van der Waals surface area contributed by atoms with Crippen LogP contribution in [0.1, 0.15) is 12.1 Å². The molecule has 14 heteroatoms. The summed E-state index contributed by atoms with van der Waals surface area (Å²) in [7, 11) is 0. The molecule has 0 aliphatic carbocycles. The van der Waals surface area contributed by atoms with Crippen LogP contribution in [-0.2, 0) is 4.79 Å². The molecule has 1 amide bonds. The number of aliphatic imine (C=N–C) groups is 2. The molecular formula is C17H27F4N9O. The molecule has 0 radical (unpaired) electrons. The van der Waals surface area contributed by atoms with E-state index in [2.05, 4.69) is 30.6 Å². The summed E-state index contributed by atoms with van der Waals surface area (Å²) >= 11 is 0. The monoisotopic (exact) mass is 449 g/mol. The van der Waals surface area contributed by atoms with Crippen LogP contribution < -0.4 is 27.4 Å². The lowest BCUT2D eigenvalue weighted by Gasteiger charge is -2.09. The molecule has 31 heavy (non-hydrogen) atoms. The van der Waals surface area contributed by atoms with Crippen molar-refractivity contribution in [2.75, 3.05) is 23.7 Å². The number of nitrogens with zero attached hydrogens (tertiary/aromatic N) is 4. The minimum absolute atomic E-state index is 0. The fourth-order valence-electron chi connectivity index (χ4n) is 2.07. The van der Waals surface area contributed by atoms with E-state index in [-0.39, 0.29) is 42.2 Å². The number of hydrogen-bond acceptors (Lipinski definition) is 5. The lowest BCUT2D eigenvalue weighted by molar-refractivity contribution is -0.138. The molecule has 0 bridgehead atoms. The number of carbonyl (C=O) groups excluding carboxylic acids is 1. The van der Waals surface area contributed by atoms with Gasteiger partial charge in [0, 0.05) is 30.4 Å². The van der Waals surface area contributed by atoms with E-state index >= 15 is 0 Å². The third-order valence-corrected chi connectivity index (χ3v) is 3.38. The van der Waals surface area contributed by atoms with Crippen LogP contribution in [0.15, 0.2) is 46.6 Å². The molecule has 1 aromatic heterocycles. The topological polar surface area (TPSA) is 156 Å². The second-order valence-electron chi connectivity index (χ2n) is 5.93. The molecule has 0 saturated heterocycles. The van der Waals surface area contributed by atoms with Crippen LogP contribution in [0.2, 0.25) is 0 Å². The highest BCUT2D eigenvalue weighted by Crippen LogP contribution is 2.13. The molecule has 0 unspecified atom stereocenters. The Hall–Kier alpha value is -3.97. The fraction of sp³-hybridized carbons (Fsp3) is 0.235. The van der Waals surface area contributed by atoms with Crippen molar-refractivity contribution >= 4 is 35.1 Å². The normalized spacial score (nSPS) is 12.4. The number of hydrogen-bond donors (Lipinski definition) is 5. The van der Waals surface area contributed by atoms with Crippen molar-refractivity contribution in [1.82, 2.24) is 15.3 Å². The Kier molecular flexibility index (Phi) is 8.05. The standard InChI is InChI=1S/C17H19F4N9O.4H2/c18-10-1-3-11(4-2-10)28-15(22)30-16(23)29-13-7-12(26-9-27-13)24-6-5-14(31)25-8-17(19,20)21;;;;/h1-4,7,9H,5-6,8H2,(H,25,31)(H6,22,23,24,26,27,28,29,30);4*1H. The second-order valence-corrected chi connectivity index (χ2v) is 5.93. The summed E-state index contributed by atoms with van der Waals surface area (Å²) in [4.78, 5) is 26.9. The van der Waals surface area contributed by atoms with Gasteiger partial charge in [0.1, 0.15) is 24.5 Å².